The molecule has 1 saturated heterocycles. The number of amides is 1. The van der Waals surface area contributed by atoms with Gasteiger partial charge in [-0.1, -0.05) is 0 Å². The molecule has 0 aliphatic carbocycles. The third-order valence-corrected chi connectivity index (χ3v) is 3.45. The lowest BCUT2D eigenvalue weighted by atomic mass is 10.3. The summed E-state index contributed by atoms with van der Waals surface area (Å²) in [4.78, 5) is 18.9. The van der Waals surface area contributed by atoms with Crippen molar-refractivity contribution < 1.29 is 9.63 Å². The number of anilines is 1. The lowest BCUT2D eigenvalue weighted by molar-refractivity contribution is -0.143. The van der Waals surface area contributed by atoms with Crippen LogP contribution in [0.15, 0.2) is 6.07 Å². The number of hydrogen-bond donors (Lipinski definition) is 1. The summed E-state index contributed by atoms with van der Waals surface area (Å²) in [7, 11) is 0. The zero-order valence-electron chi connectivity index (χ0n) is 8.66. The number of carbonyl (C=O) groups excluding carboxylic acids is 1. The summed E-state index contributed by atoms with van der Waals surface area (Å²) in [6.07, 6.45) is 2.03. The Kier molecular flexibility index (Phi) is 2.93. The van der Waals surface area contributed by atoms with Crippen molar-refractivity contribution in [2.75, 3.05) is 18.9 Å². The number of aryl methyl sites for hydroxylation is 1. The largest absolute Gasteiger partial charge is 0.398 e. The molecule has 2 heterocycles. The molecule has 1 aromatic heterocycles. The molecule has 1 aromatic rings. The molecule has 15 heavy (non-hydrogen) atoms. The van der Waals surface area contributed by atoms with Gasteiger partial charge in [0.1, 0.15) is 0 Å². The average molecular weight is 226 g/mol. The molecular weight excluding hydrogens is 212 g/mol. The van der Waals surface area contributed by atoms with Gasteiger partial charge in [0.05, 0.1) is 11.5 Å². The molecule has 5 heteroatoms. The highest BCUT2D eigenvalue weighted by molar-refractivity contribution is 7.14. The Morgan fingerprint density at radius 2 is 2.40 bits per heavy atom. The normalized spacial score (nSPS) is 16.7. The highest BCUT2D eigenvalue weighted by Gasteiger charge is 2.21. The van der Waals surface area contributed by atoms with E-state index in [9.17, 15) is 4.79 Å². The molecule has 0 unspecified atom stereocenters. The van der Waals surface area contributed by atoms with Crippen LogP contribution in [0, 0.1) is 6.92 Å². The van der Waals surface area contributed by atoms with Crippen molar-refractivity contribution >= 4 is 22.9 Å². The van der Waals surface area contributed by atoms with Gasteiger partial charge in [-0.05, 0) is 25.8 Å². The molecule has 0 spiro atoms. The quantitative estimate of drug-likeness (QED) is 0.794. The van der Waals surface area contributed by atoms with Gasteiger partial charge in [0, 0.05) is 17.1 Å². The van der Waals surface area contributed by atoms with Crippen LogP contribution in [-0.4, -0.2) is 24.1 Å². The summed E-state index contributed by atoms with van der Waals surface area (Å²) in [6.45, 7) is 3.22. The SMILES string of the molecule is Cc1sc(C(=O)N2CCCCO2)cc1N. The van der Waals surface area contributed by atoms with E-state index in [1.54, 1.807) is 6.07 Å². The predicted molar refractivity (Wildman–Crippen MR) is 59.7 cm³/mol. The number of nitrogens with zero attached hydrogens (tertiary/aromatic N) is 1. The highest BCUT2D eigenvalue weighted by Crippen LogP contribution is 2.25. The monoisotopic (exact) mass is 226 g/mol. The Bertz CT molecular complexity index is 350. The van der Waals surface area contributed by atoms with Gasteiger partial charge in [0.15, 0.2) is 0 Å². The number of nitrogen functional groups attached to an aromatic ring is 1. The van der Waals surface area contributed by atoms with Gasteiger partial charge < -0.3 is 5.73 Å². The standard InChI is InChI=1S/C10H14N2O2S/c1-7-8(11)6-9(15-7)10(13)12-4-2-3-5-14-12/h6H,2-5,11H2,1H3. The van der Waals surface area contributed by atoms with Crippen LogP contribution in [0.4, 0.5) is 5.69 Å². The number of rotatable bonds is 1. The topological polar surface area (TPSA) is 55.6 Å². The van der Waals surface area contributed by atoms with Crippen LogP contribution < -0.4 is 5.73 Å². The van der Waals surface area contributed by atoms with Crippen molar-refractivity contribution in [1.29, 1.82) is 0 Å². The fourth-order valence-corrected chi connectivity index (χ4v) is 2.36. The minimum absolute atomic E-state index is 0.0699. The number of hydroxylamine groups is 2. The zero-order chi connectivity index (χ0) is 10.8. The Labute approximate surface area is 92.6 Å². The number of hydrogen-bond acceptors (Lipinski definition) is 4. The first-order valence-corrected chi connectivity index (χ1v) is 5.81. The number of carbonyl (C=O) groups is 1. The van der Waals surface area contributed by atoms with Gasteiger partial charge in [-0.3, -0.25) is 9.63 Å². The molecule has 0 atom stereocenters. The van der Waals surface area contributed by atoms with Crippen LogP contribution in [0.2, 0.25) is 0 Å². The lowest BCUT2D eigenvalue weighted by Crippen LogP contribution is -2.35. The highest BCUT2D eigenvalue weighted by atomic mass is 32.1. The number of nitrogens with two attached hydrogens (primary N) is 1. The third kappa shape index (κ3) is 2.13. The lowest BCUT2D eigenvalue weighted by Gasteiger charge is -2.25. The van der Waals surface area contributed by atoms with E-state index in [4.69, 9.17) is 10.6 Å². The van der Waals surface area contributed by atoms with Gasteiger partial charge in [0.2, 0.25) is 0 Å². The summed E-state index contributed by atoms with van der Waals surface area (Å²) in [5.74, 6) is -0.0699. The molecule has 2 N–H and O–H groups in total. The summed E-state index contributed by atoms with van der Waals surface area (Å²) < 4.78 is 0. The van der Waals surface area contributed by atoms with E-state index in [0.29, 0.717) is 23.7 Å². The first-order chi connectivity index (χ1) is 7.18. The fraction of sp³-hybridized carbons (Fsp3) is 0.500. The van der Waals surface area contributed by atoms with E-state index < -0.39 is 0 Å². The second kappa shape index (κ2) is 4.20. The smallest absolute Gasteiger partial charge is 0.287 e. The average Bonchev–Trinajstić information content (AvgIpc) is 2.59. The van der Waals surface area contributed by atoms with Gasteiger partial charge in [-0.2, -0.15) is 0 Å². The van der Waals surface area contributed by atoms with Crippen molar-refractivity contribution in [3.05, 3.63) is 15.8 Å². The summed E-state index contributed by atoms with van der Waals surface area (Å²) in [6, 6.07) is 1.72. The molecule has 0 saturated carbocycles. The Balaban J connectivity index is 2.12. The summed E-state index contributed by atoms with van der Waals surface area (Å²) in [5, 5.41) is 1.44. The molecule has 1 aliphatic rings. The van der Waals surface area contributed by atoms with E-state index in [-0.39, 0.29) is 5.91 Å². The molecule has 4 nitrogen and oxygen atoms in total. The second-order valence-electron chi connectivity index (χ2n) is 3.57. The van der Waals surface area contributed by atoms with Crippen LogP contribution in [-0.2, 0) is 4.84 Å². The fourth-order valence-electron chi connectivity index (χ4n) is 1.48. The minimum Gasteiger partial charge on any atom is -0.398 e. The first kappa shape index (κ1) is 10.4. The van der Waals surface area contributed by atoms with E-state index in [1.807, 2.05) is 6.92 Å². The van der Waals surface area contributed by atoms with Crippen LogP contribution in [0.3, 0.4) is 0 Å². The van der Waals surface area contributed by atoms with Gasteiger partial charge in [0.25, 0.3) is 5.91 Å². The molecule has 1 fully saturated rings. The predicted octanol–water partition coefficient (Wildman–Crippen LogP) is 1.81. The maximum atomic E-state index is 11.9. The number of thiophene rings is 1. The minimum atomic E-state index is -0.0699. The zero-order valence-corrected chi connectivity index (χ0v) is 9.47. The van der Waals surface area contributed by atoms with Gasteiger partial charge in [-0.25, -0.2) is 5.06 Å². The molecule has 1 aliphatic heterocycles. The van der Waals surface area contributed by atoms with Crippen molar-refractivity contribution in [3.63, 3.8) is 0 Å². The van der Waals surface area contributed by atoms with Crippen LogP contribution >= 0.6 is 11.3 Å². The summed E-state index contributed by atoms with van der Waals surface area (Å²) >= 11 is 1.42. The second-order valence-corrected chi connectivity index (χ2v) is 4.83. The molecule has 2 rings (SSSR count). The van der Waals surface area contributed by atoms with Crippen molar-refractivity contribution in [3.8, 4) is 0 Å². The molecule has 82 valence electrons. The third-order valence-electron chi connectivity index (χ3n) is 2.40. The van der Waals surface area contributed by atoms with Gasteiger partial charge in [-0.15, -0.1) is 11.3 Å². The van der Waals surface area contributed by atoms with Crippen LogP contribution in [0.25, 0.3) is 0 Å². The Morgan fingerprint density at radius 3 is 2.93 bits per heavy atom. The maximum Gasteiger partial charge on any atom is 0.287 e. The van der Waals surface area contributed by atoms with Crippen LogP contribution in [0.1, 0.15) is 27.4 Å². The van der Waals surface area contributed by atoms with Crippen molar-refractivity contribution in [2.24, 2.45) is 0 Å². The van der Waals surface area contributed by atoms with Crippen molar-refractivity contribution in [2.45, 2.75) is 19.8 Å². The van der Waals surface area contributed by atoms with E-state index in [1.165, 1.54) is 16.4 Å². The Morgan fingerprint density at radius 1 is 1.60 bits per heavy atom. The molecule has 0 radical (unpaired) electrons. The van der Waals surface area contributed by atoms with Crippen LogP contribution in [0.5, 0.6) is 0 Å². The van der Waals surface area contributed by atoms with Gasteiger partial charge >= 0.3 is 0 Å². The first-order valence-electron chi connectivity index (χ1n) is 4.99. The van der Waals surface area contributed by atoms with Crippen molar-refractivity contribution in [1.82, 2.24) is 5.06 Å². The van der Waals surface area contributed by atoms with E-state index >= 15 is 0 Å². The Hall–Kier alpha value is -1.07. The maximum absolute atomic E-state index is 11.9. The molecule has 1 amide bonds. The molecular formula is C10H14N2O2S. The molecule has 0 bridgehead atoms. The summed E-state index contributed by atoms with van der Waals surface area (Å²) in [5.41, 5.74) is 6.39. The molecule has 0 aromatic carbocycles. The van der Waals surface area contributed by atoms with E-state index in [0.717, 1.165) is 17.7 Å². The van der Waals surface area contributed by atoms with E-state index in [2.05, 4.69) is 0 Å².